The highest BCUT2D eigenvalue weighted by Crippen LogP contribution is 2.29. The van der Waals surface area contributed by atoms with Gasteiger partial charge in [-0.2, -0.15) is 4.98 Å². The summed E-state index contributed by atoms with van der Waals surface area (Å²) in [5.41, 5.74) is 2.68. The lowest BCUT2D eigenvalue weighted by molar-refractivity contribution is -0.113. The van der Waals surface area contributed by atoms with E-state index in [0.29, 0.717) is 22.3 Å². The maximum Gasteiger partial charge on any atom is 0.348 e. The molecule has 2 aromatic rings. The molecule has 1 aliphatic carbocycles. The molecule has 0 unspecified atom stereocenters. The zero-order valence-electron chi connectivity index (χ0n) is 13.3. The molecule has 0 saturated heterocycles. The van der Waals surface area contributed by atoms with Crippen LogP contribution in [0.15, 0.2) is 34.1 Å². The van der Waals surface area contributed by atoms with Crippen LogP contribution in [0, 0.1) is 0 Å². The van der Waals surface area contributed by atoms with Gasteiger partial charge in [-0.3, -0.25) is 9.36 Å². The number of hydrogen-bond donors (Lipinski definition) is 1. The normalized spacial score (nSPS) is 12.9. The summed E-state index contributed by atoms with van der Waals surface area (Å²) in [5.74, 6) is 0.0908. The molecule has 1 amide bonds. The van der Waals surface area contributed by atoms with Crippen molar-refractivity contribution in [2.75, 3.05) is 11.1 Å². The molecule has 1 aromatic heterocycles. The molecule has 1 aliphatic rings. The van der Waals surface area contributed by atoms with Crippen molar-refractivity contribution in [3.63, 3.8) is 0 Å². The number of anilines is 1. The van der Waals surface area contributed by atoms with Crippen LogP contribution in [-0.2, 0) is 24.2 Å². The number of rotatable bonds is 5. The predicted octanol–water partition coefficient (Wildman–Crippen LogP) is 3.14. The molecule has 1 N–H and O–H groups in total. The lowest BCUT2D eigenvalue weighted by Gasteiger charge is -2.12. The molecule has 0 fully saturated rings. The van der Waals surface area contributed by atoms with Gasteiger partial charge in [-0.15, -0.1) is 0 Å². The van der Waals surface area contributed by atoms with Crippen LogP contribution in [-0.4, -0.2) is 21.2 Å². The fourth-order valence-electron chi connectivity index (χ4n) is 2.90. The van der Waals surface area contributed by atoms with Crippen molar-refractivity contribution in [3.8, 4) is 0 Å². The number of fused-ring (bicyclic) bond motifs is 1. The number of hydrogen-bond acceptors (Lipinski definition) is 4. The zero-order valence-corrected chi connectivity index (χ0v) is 14.9. The Morgan fingerprint density at radius 1 is 1.33 bits per heavy atom. The second-order valence-electron chi connectivity index (χ2n) is 5.57. The van der Waals surface area contributed by atoms with Crippen molar-refractivity contribution >= 4 is 35.0 Å². The predicted molar refractivity (Wildman–Crippen MR) is 97.0 cm³/mol. The fourth-order valence-corrected chi connectivity index (χ4v) is 3.90. The summed E-state index contributed by atoms with van der Waals surface area (Å²) in [6, 6.07) is 6.96. The van der Waals surface area contributed by atoms with Gasteiger partial charge >= 0.3 is 5.69 Å². The van der Waals surface area contributed by atoms with E-state index < -0.39 is 0 Å². The molecule has 1 heterocycles. The summed E-state index contributed by atoms with van der Waals surface area (Å²) in [4.78, 5) is 28.4. The Balaban J connectivity index is 1.70. The number of nitrogens with zero attached hydrogens (tertiary/aromatic N) is 2. The lowest BCUT2D eigenvalue weighted by atomic mass is 10.2. The second-order valence-corrected chi connectivity index (χ2v) is 6.97. The van der Waals surface area contributed by atoms with Crippen LogP contribution >= 0.6 is 23.4 Å². The van der Waals surface area contributed by atoms with Gasteiger partial charge in [0.15, 0.2) is 0 Å². The topological polar surface area (TPSA) is 64.0 Å². The average Bonchev–Trinajstić information content (AvgIpc) is 3.04. The Hall–Kier alpha value is -1.79. The summed E-state index contributed by atoms with van der Waals surface area (Å²) in [5, 5.41) is 4.14. The molecule has 0 spiro atoms. The van der Waals surface area contributed by atoms with Crippen LogP contribution in [0.5, 0.6) is 0 Å². The van der Waals surface area contributed by atoms with E-state index in [4.69, 9.17) is 11.6 Å². The number of carbonyl (C=O) groups excluding carboxylic acids is 1. The van der Waals surface area contributed by atoms with Gasteiger partial charge in [-0.05, 0) is 50.5 Å². The molecular weight excluding hydrogens is 346 g/mol. The molecule has 7 heteroatoms. The SMILES string of the molecule is CCn1c2c(c(SCC(=O)Nc3ccc(Cl)cc3)nc1=O)CCC2. The maximum atomic E-state index is 12.1. The fraction of sp³-hybridized carbons (Fsp3) is 0.353. The molecule has 0 radical (unpaired) electrons. The second kappa shape index (κ2) is 7.40. The highest BCUT2D eigenvalue weighted by Gasteiger charge is 2.21. The Morgan fingerprint density at radius 2 is 2.08 bits per heavy atom. The molecule has 5 nitrogen and oxygen atoms in total. The zero-order chi connectivity index (χ0) is 17.1. The number of thioether (sulfide) groups is 1. The molecular formula is C17H18ClN3O2S. The minimum Gasteiger partial charge on any atom is -0.325 e. The van der Waals surface area contributed by atoms with Crippen LogP contribution in [0.4, 0.5) is 5.69 Å². The van der Waals surface area contributed by atoms with E-state index in [-0.39, 0.29) is 17.3 Å². The van der Waals surface area contributed by atoms with Gasteiger partial charge in [0.05, 0.1) is 5.75 Å². The first-order valence-corrected chi connectivity index (χ1v) is 9.25. The number of aromatic nitrogens is 2. The average molecular weight is 364 g/mol. The van der Waals surface area contributed by atoms with Gasteiger partial charge in [-0.1, -0.05) is 23.4 Å². The number of amides is 1. The van der Waals surface area contributed by atoms with Gasteiger partial charge < -0.3 is 5.32 Å². The van der Waals surface area contributed by atoms with Gasteiger partial charge in [0, 0.05) is 28.5 Å². The molecule has 126 valence electrons. The van der Waals surface area contributed by atoms with E-state index in [9.17, 15) is 9.59 Å². The van der Waals surface area contributed by atoms with E-state index in [1.807, 2.05) is 6.92 Å². The minimum atomic E-state index is -0.223. The third kappa shape index (κ3) is 3.65. The summed E-state index contributed by atoms with van der Waals surface area (Å²) in [6.45, 7) is 2.59. The van der Waals surface area contributed by atoms with Gasteiger partial charge in [-0.25, -0.2) is 4.79 Å². The van der Waals surface area contributed by atoms with E-state index >= 15 is 0 Å². The number of carbonyl (C=O) groups is 1. The standard InChI is InChI=1S/C17H18ClN3O2S/c1-2-21-14-5-3-4-13(14)16(20-17(21)23)24-10-15(22)19-12-8-6-11(18)7-9-12/h6-9H,2-5,10H2,1H3,(H,19,22). The smallest absolute Gasteiger partial charge is 0.325 e. The lowest BCUT2D eigenvalue weighted by Crippen LogP contribution is -2.26. The minimum absolute atomic E-state index is 0.129. The number of benzene rings is 1. The summed E-state index contributed by atoms with van der Waals surface area (Å²) >= 11 is 7.15. The van der Waals surface area contributed by atoms with Gasteiger partial charge in [0.2, 0.25) is 5.91 Å². The third-order valence-electron chi connectivity index (χ3n) is 3.98. The highest BCUT2D eigenvalue weighted by atomic mass is 35.5. The van der Waals surface area contributed by atoms with E-state index in [0.717, 1.165) is 30.5 Å². The molecule has 0 atom stereocenters. The first-order chi connectivity index (χ1) is 11.6. The van der Waals surface area contributed by atoms with Crippen LogP contribution < -0.4 is 11.0 Å². The summed E-state index contributed by atoms with van der Waals surface area (Å²) in [6.07, 6.45) is 2.86. The molecule has 0 bridgehead atoms. The highest BCUT2D eigenvalue weighted by molar-refractivity contribution is 8.00. The Kier molecular flexibility index (Phi) is 5.26. The first-order valence-electron chi connectivity index (χ1n) is 7.89. The van der Waals surface area contributed by atoms with Gasteiger partial charge in [0.1, 0.15) is 5.03 Å². The summed E-state index contributed by atoms with van der Waals surface area (Å²) < 4.78 is 1.74. The van der Waals surface area contributed by atoms with E-state index in [1.54, 1.807) is 28.8 Å². The molecule has 1 aromatic carbocycles. The Morgan fingerprint density at radius 3 is 2.79 bits per heavy atom. The van der Waals surface area contributed by atoms with E-state index in [1.165, 1.54) is 11.8 Å². The molecule has 3 rings (SSSR count). The van der Waals surface area contributed by atoms with Crippen LogP contribution in [0.2, 0.25) is 5.02 Å². The van der Waals surface area contributed by atoms with Crippen molar-refractivity contribution < 1.29 is 4.79 Å². The van der Waals surface area contributed by atoms with Crippen molar-refractivity contribution in [2.24, 2.45) is 0 Å². The van der Waals surface area contributed by atoms with Gasteiger partial charge in [0.25, 0.3) is 0 Å². The maximum absolute atomic E-state index is 12.1. The van der Waals surface area contributed by atoms with E-state index in [2.05, 4.69) is 10.3 Å². The monoisotopic (exact) mass is 363 g/mol. The quantitative estimate of drug-likeness (QED) is 0.654. The van der Waals surface area contributed by atoms with Crippen LogP contribution in [0.1, 0.15) is 24.6 Å². The Bertz CT molecular complexity index is 818. The van der Waals surface area contributed by atoms with Crippen molar-refractivity contribution in [2.45, 2.75) is 37.8 Å². The third-order valence-corrected chi connectivity index (χ3v) is 5.25. The molecule has 0 aliphatic heterocycles. The number of halogens is 1. The largest absolute Gasteiger partial charge is 0.348 e. The van der Waals surface area contributed by atoms with Crippen LogP contribution in [0.3, 0.4) is 0 Å². The number of nitrogens with one attached hydrogen (secondary N) is 1. The first kappa shape index (κ1) is 17.0. The molecule has 24 heavy (non-hydrogen) atoms. The van der Waals surface area contributed by atoms with Crippen LogP contribution in [0.25, 0.3) is 0 Å². The van der Waals surface area contributed by atoms with Crippen molar-refractivity contribution in [1.82, 2.24) is 9.55 Å². The molecule has 0 saturated carbocycles. The van der Waals surface area contributed by atoms with Crippen molar-refractivity contribution in [3.05, 3.63) is 51.0 Å². The summed E-state index contributed by atoms with van der Waals surface area (Å²) in [7, 11) is 0. The van der Waals surface area contributed by atoms with Crippen molar-refractivity contribution in [1.29, 1.82) is 0 Å². The Labute approximate surface area is 149 Å².